The number of alkyl halides is 3. The number of carbonyl (C=O) groups excluding carboxylic acids is 1. The number of amides is 1. The minimum Gasteiger partial charge on any atom is -0.491 e. The summed E-state index contributed by atoms with van der Waals surface area (Å²) in [5.74, 6) is 0.674. The number of aryl methyl sites for hydroxylation is 1. The number of nitrogens with zero attached hydrogens (tertiary/aromatic N) is 2. The molecule has 30 heavy (non-hydrogen) atoms. The van der Waals surface area contributed by atoms with E-state index in [9.17, 15) is 18.0 Å². The summed E-state index contributed by atoms with van der Waals surface area (Å²) >= 11 is 6.02. The van der Waals surface area contributed by atoms with Gasteiger partial charge in [-0.15, -0.1) is 0 Å². The minimum atomic E-state index is -4.39. The Hall–Kier alpha value is -2.46. The molecule has 0 radical (unpaired) electrons. The lowest BCUT2D eigenvalue weighted by Gasteiger charge is -2.26. The third kappa shape index (κ3) is 4.99. The molecule has 0 fully saturated rings. The number of rotatable bonds is 4. The summed E-state index contributed by atoms with van der Waals surface area (Å²) < 4.78 is 54.4. The molecule has 0 saturated carbocycles. The Labute approximate surface area is 175 Å². The second-order valence-electron chi connectivity index (χ2n) is 7.18. The smallest absolute Gasteiger partial charge is 0.411 e. The fourth-order valence-corrected chi connectivity index (χ4v) is 3.57. The predicted molar refractivity (Wildman–Crippen MR) is 100 cm³/mol. The zero-order valence-corrected chi connectivity index (χ0v) is 16.5. The average molecular weight is 446 g/mol. The molecule has 162 valence electrons. The molecule has 2 aromatic rings. The van der Waals surface area contributed by atoms with Gasteiger partial charge in [-0.2, -0.15) is 18.3 Å². The van der Waals surface area contributed by atoms with E-state index in [1.165, 1.54) is 10.7 Å². The van der Waals surface area contributed by atoms with Crippen molar-refractivity contribution in [2.45, 2.75) is 37.7 Å². The lowest BCUT2D eigenvalue weighted by molar-refractivity contribution is -0.188. The van der Waals surface area contributed by atoms with Gasteiger partial charge in [0.15, 0.2) is 5.69 Å². The van der Waals surface area contributed by atoms with Gasteiger partial charge < -0.3 is 19.5 Å². The van der Waals surface area contributed by atoms with Crippen LogP contribution in [0, 0.1) is 0 Å². The maximum atomic E-state index is 12.6. The van der Waals surface area contributed by atoms with Crippen LogP contribution in [0.15, 0.2) is 24.3 Å². The highest BCUT2D eigenvalue weighted by atomic mass is 35.5. The number of aromatic nitrogens is 2. The Balaban J connectivity index is 1.34. The maximum Gasteiger partial charge on any atom is 0.411 e. The van der Waals surface area contributed by atoms with E-state index in [0.29, 0.717) is 30.4 Å². The van der Waals surface area contributed by atoms with Crippen LogP contribution < -0.4 is 14.8 Å². The van der Waals surface area contributed by atoms with Gasteiger partial charge in [0.1, 0.15) is 25.6 Å². The third-order valence-electron chi connectivity index (χ3n) is 4.80. The number of ether oxygens (including phenoxy) is 3. The van der Waals surface area contributed by atoms with E-state index in [0.717, 1.165) is 11.3 Å². The summed E-state index contributed by atoms with van der Waals surface area (Å²) in [7, 11) is 0. The maximum absolute atomic E-state index is 12.6. The van der Waals surface area contributed by atoms with Gasteiger partial charge in [0, 0.05) is 17.6 Å². The van der Waals surface area contributed by atoms with Crippen LogP contribution in [-0.4, -0.2) is 53.8 Å². The molecule has 0 bridgehead atoms. The van der Waals surface area contributed by atoms with Crippen LogP contribution in [0.5, 0.6) is 11.6 Å². The third-order valence-corrected chi connectivity index (χ3v) is 5.04. The minimum absolute atomic E-state index is 0.0448. The Morgan fingerprint density at radius 1 is 1.30 bits per heavy atom. The molecule has 0 saturated heterocycles. The highest BCUT2D eigenvalue weighted by Crippen LogP contribution is 2.28. The van der Waals surface area contributed by atoms with Gasteiger partial charge in [0.05, 0.1) is 12.1 Å². The normalized spacial score (nSPS) is 20.9. The molecule has 1 aromatic carbocycles. The Morgan fingerprint density at radius 2 is 2.13 bits per heavy atom. The molecule has 3 heterocycles. The SMILES string of the molecule is O=C(N[C@H]1COc2ccc(Cl)cc2C1)c1cc2n(n1)CC[C@H](OCC(F)(F)F)CO2. The number of hydrogen-bond donors (Lipinski definition) is 1. The van der Waals surface area contributed by atoms with Crippen LogP contribution in [0.2, 0.25) is 5.02 Å². The molecule has 2 aliphatic heterocycles. The summed E-state index contributed by atoms with van der Waals surface area (Å²) in [5.41, 5.74) is 1.07. The lowest BCUT2D eigenvalue weighted by atomic mass is 10.0. The summed E-state index contributed by atoms with van der Waals surface area (Å²) in [6, 6.07) is 6.57. The van der Waals surface area contributed by atoms with Crippen molar-refractivity contribution in [1.82, 2.24) is 15.1 Å². The Bertz CT molecular complexity index is 909. The number of carbonyl (C=O) groups is 1. The van der Waals surface area contributed by atoms with Gasteiger partial charge in [-0.25, -0.2) is 4.68 Å². The van der Waals surface area contributed by atoms with Gasteiger partial charge >= 0.3 is 6.18 Å². The van der Waals surface area contributed by atoms with Crippen LogP contribution in [0.3, 0.4) is 0 Å². The Morgan fingerprint density at radius 3 is 2.93 bits per heavy atom. The van der Waals surface area contributed by atoms with Crippen molar-refractivity contribution in [2.24, 2.45) is 0 Å². The molecule has 7 nitrogen and oxygen atoms in total. The fraction of sp³-hybridized carbons (Fsp3) is 0.474. The highest BCUT2D eigenvalue weighted by Gasteiger charge is 2.31. The number of hydrogen-bond acceptors (Lipinski definition) is 5. The molecule has 4 rings (SSSR count). The first-order chi connectivity index (χ1) is 14.3. The van der Waals surface area contributed by atoms with E-state index in [1.54, 1.807) is 18.2 Å². The van der Waals surface area contributed by atoms with E-state index >= 15 is 0 Å². The number of benzene rings is 1. The molecule has 0 unspecified atom stereocenters. The van der Waals surface area contributed by atoms with E-state index in [2.05, 4.69) is 10.4 Å². The molecule has 1 aromatic heterocycles. The van der Waals surface area contributed by atoms with Gasteiger partial charge in [0.25, 0.3) is 5.91 Å². The molecule has 1 N–H and O–H groups in total. The number of halogens is 4. The fourth-order valence-electron chi connectivity index (χ4n) is 3.37. The topological polar surface area (TPSA) is 74.6 Å². The second-order valence-corrected chi connectivity index (χ2v) is 7.61. The van der Waals surface area contributed by atoms with Crippen LogP contribution in [0.1, 0.15) is 22.5 Å². The van der Waals surface area contributed by atoms with E-state index in [-0.39, 0.29) is 30.8 Å². The van der Waals surface area contributed by atoms with Crippen molar-refractivity contribution in [3.05, 3.63) is 40.5 Å². The summed E-state index contributed by atoms with van der Waals surface area (Å²) in [6.07, 6.45) is -4.22. The first-order valence-corrected chi connectivity index (χ1v) is 9.76. The quantitative estimate of drug-likeness (QED) is 0.783. The molecular weight excluding hydrogens is 427 g/mol. The Kier molecular flexibility index (Phi) is 5.79. The summed E-state index contributed by atoms with van der Waals surface area (Å²) in [6.45, 7) is -0.766. The molecule has 1 amide bonds. The van der Waals surface area contributed by atoms with Crippen LogP contribution in [-0.2, 0) is 17.7 Å². The van der Waals surface area contributed by atoms with E-state index in [4.69, 9.17) is 25.8 Å². The van der Waals surface area contributed by atoms with Gasteiger partial charge in [0.2, 0.25) is 5.88 Å². The summed E-state index contributed by atoms with van der Waals surface area (Å²) in [5, 5.41) is 7.69. The average Bonchev–Trinajstić information content (AvgIpc) is 3.00. The standard InChI is InChI=1S/C19H19ClF3N3O4/c20-12-1-2-16-11(5-12)6-13(8-28-16)24-18(27)15-7-17-26(25-15)4-3-14(9-29-17)30-10-19(21,22)23/h1-2,5,7,13-14H,3-4,6,8-10H2,(H,24,27)/t13-,14+/m1/s1. The molecule has 2 atom stereocenters. The first kappa shape index (κ1) is 20.8. The van der Waals surface area contributed by atoms with Gasteiger partial charge in [-0.05, 0) is 36.6 Å². The van der Waals surface area contributed by atoms with Crippen molar-refractivity contribution < 1.29 is 32.2 Å². The van der Waals surface area contributed by atoms with Crippen molar-refractivity contribution in [3.8, 4) is 11.6 Å². The second kappa shape index (κ2) is 8.35. The summed E-state index contributed by atoms with van der Waals surface area (Å²) in [4.78, 5) is 12.6. The zero-order chi connectivity index (χ0) is 21.3. The number of fused-ring (bicyclic) bond motifs is 2. The van der Waals surface area contributed by atoms with Crippen molar-refractivity contribution in [2.75, 3.05) is 19.8 Å². The van der Waals surface area contributed by atoms with E-state index < -0.39 is 18.9 Å². The monoisotopic (exact) mass is 445 g/mol. The molecular formula is C19H19ClF3N3O4. The molecule has 11 heteroatoms. The lowest BCUT2D eigenvalue weighted by Crippen LogP contribution is -2.42. The van der Waals surface area contributed by atoms with Crippen LogP contribution in [0.25, 0.3) is 0 Å². The van der Waals surface area contributed by atoms with Crippen molar-refractivity contribution >= 4 is 17.5 Å². The number of nitrogens with one attached hydrogen (secondary N) is 1. The van der Waals surface area contributed by atoms with E-state index in [1.807, 2.05) is 0 Å². The largest absolute Gasteiger partial charge is 0.491 e. The molecule has 2 aliphatic rings. The van der Waals surface area contributed by atoms with Crippen LogP contribution in [0.4, 0.5) is 13.2 Å². The van der Waals surface area contributed by atoms with Gasteiger partial charge in [-0.3, -0.25) is 4.79 Å². The highest BCUT2D eigenvalue weighted by molar-refractivity contribution is 6.30. The van der Waals surface area contributed by atoms with Crippen LogP contribution >= 0.6 is 11.6 Å². The molecule has 0 aliphatic carbocycles. The van der Waals surface area contributed by atoms with Crippen molar-refractivity contribution in [3.63, 3.8) is 0 Å². The zero-order valence-electron chi connectivity index (χ0n) is 15.7. The molecule has 0 spiro atoms. The first-order valence-electron chi connectivity index (χ1n) is 9.38. The van der Waals surface area contributed by atoms with Gasteiger partial charge in [-0.1, -0.05) is 11.6 Å². The van der Waals surface area contributed by atoms with Crippen molar-refractivity contribution in [1.29, 1.82) is 0 Å². The predicted octanol–water partition coefficient (Wildman–Crippen LogP) is 3.00.